The van der Waals surface area contributed by atoms with E-state index in [0.29, 0.717) is 13.1 Å². The topological polar surface area (TPSA) is 53.4 Å². The molecular weight excluding hydrogens is 345 g/mol. The summed E-state index contributed by atoms with van der Waals surface area (Å²) in [4.78, 5) is 18.0. The van der Waals surface area contributed by atoms with E-state index in [4.69, 9.17) is 0 Å². The molecule has 7 heteroatoms. The van der Waals surface area contributed by atoms with E-state index in [-0.39, 0.29) is 30.7 Å². The van der Waals surface area contributed by atoms with Crippen LogP contribution in [0.25, 0.3) is 0 Å². The molecule has 26 heavy (non-hydrogen) atoms. The van der Waals surface area contributed by atoms with Crippen LogP contribution in [0.4, 0.5) is 13.2 Å². The lowest BCUT2D eigenvalue weighted by Gasteiger charge is -2.38. The molecule has 1 aliphatic heterocycles. The maximum atomic E-state index is 12.9. The fourth-order valence-corrected chi connectivity index (χ4v) is 3.19. The van der Waals surface area contributed by atoms with E-state index in [9.17, 15) is 23.1 Å². The SMILES string of the molecule is O=C(Cc1cccnc1)N1CCC(O)(c2cccc(C(F)(F)F)c2)CC1. The Hall–Kier alpha value is -2.41. The van der Waals surface area contributed by atoms with Gasteiger partial charge in [0.1, 0.15) is 0 Å². The Morgan fingerprint density at radius 3 is 2.54 bits per heavy atom. The standard InChI is InChI=1S/C19H19F3N2O2/c20-19(21,22)16-5-1-4-15(12-16)18(26)6-9-24(10-7-18)17(25)11-14-3-2-8-23-13-14/h1-5,8,12-13,26H,6-7,9-11H2. The largest absolute Gasteiger partial charge is 0.416 e. The Kier molecular flexibility index (Phi) is 5.00. The number of aliphatic hydroxyl groups is 1. The Morgan fingerprint density at radius 2 is 1.92 bits per heavy atom. The molecular formula is C19H19F3N2O2. The highest BCUT2D eigenvalue weighted by molar-refractivity contribution is 5.78. The number of pyridine rings is 1. The lowest BCUT2D eigenvalue weighted by Crippen LogP contribution is -2.45. The number of nitrogens with zero attached hydrogens (tertiary/aromatic N) is 2. The van der Waals surface area contributed by atoms with Gasteiger partial charge in [0.15, 0.2) is 0 Å². The molecule has 1 amide bonds. The van der Waals surface area contributed by atoms with Crippen LogP contribution in [0.2, 0.25) is 0 Å². The highest BCUT2D eigenvalue weighted by Gasteiger charge is 2.37. The van der Waals surface area contributed by atoms with Gasteiger partial charge in [0, 0.05) is 25.5 Å². The minimum Gasteiger partial charge on any atom is -0.385 e. The summed E-state index contributed by atoms with van der Waals surface area (Å²) in [6, 6.07) is 8.35. The molecule has 0 radical (unpaired) electrons. The summed E-state index contributed by atoms with van der Waals surface area (Å²) in [5.74, 6) is -0.0795. The van der Waals surface area contributed by atoms with E-state index >= 15 is 0 Å². The molecule has 1 aromatic heterocycles. The van der Waals surface area contributed by atoms with Crippen molar-refractivity contribution in [2.24, 2.45) is 0 Å². The van der Waals surface area contributed by atoms with Gasteiger partial charge in [0.05, 0.1) is 17.6 Å². The van der Waals surface area contributed by atoms with Crippen LogP contribution in [0.1, 0.15) is 29.5 Å². The van der Waals surface area contributed by atoms with Gasteiger partial charge in [-0.15, -0.1) is 0 Å². The van der Waals surface area contributed by atoms with Crippen LogP contribution in [0.3, 0.4) is 0 Å². The summed E-state index contributed by atoms with van der Waals surface area (Å²) < 4.78 is 38.7. The van der Waals surface area contributed by atoms with E-state index in [0.717, 1.165) is 17.7 Å². The molecule has 3 rings (SSSR count). The molecule has 0 unspecified atom stereocenters. The number of alkyl halides is 3. The zero-order chi connectivity index (χ0) is 18.8. The minimum atomic E-state index is -4.45. The van der Waals surface area contributed by atoms with Gasteiger partial charge in [0.2, 0.25) is 5.91 Å². The first-order valence-corrected chi connectivity index (χ1v) is 8.35. The number of hydrogen-bond donors (Lipinski definition) is 1. The summed E-state index contributed by atoms with van der Waals surface area (Å²) in [6.07, 6.45) is -0.576. The zero-order valence-corrected chi connectivity index (χ0v) is 14.0. The minimum absolute atomic E-state index is 0.0795. The van der Waals surface area contributed by atoms with Crippen molar-refractivity contribution in [3.63, 3.8) is 0 Å². The number of hydrogen-bond acceptors (Lipinski definition) is 3. The average Bonchev–Trinajstić information content (AvgIpc) is 2.62. The number of amides is 1. The number of likely N-dealkylation sites (tertiary alicyclic amines) is 1. The summed E-state index contributed by atoms with van der Waals surface area (Å²) >= 11 is 0. The van der Waals surface area contributed by atoms with Crippen molar-refractivity contribution in [2.75, 3.05) is 13.1 Å². The fraction of sp³-hybridized carbons (Fsp3) is 0.368. The summed E-state index contributed by atoms with van der Waals surface area (Å²) in [5.41, 5.74) is -1.09. The maximum absolute atomic E-state index is 12.9. The second kappa shape index (κ2) is 7.07. The van der Waals surface area contributed by atoms with Gasteiger partial charge in [-0.2, -0.15) is 13.2 Å². The fourth-order valence-electron chi connectivity index (χ4n) is 3.19. The van der Waals surface area contributed by atoms with Crippen LogP contribution in [0.5, 0.6) is 0 Å². The van der Waals surface area contributed by atoms with Gasteiger partial charge in [-0.1, -0.05) is 18.2 Å². The lowest BCUT2D eigenvalue weighted by atomic mass is 9.83. The molecule has 1 saturated heterocycles. The Morgan fingerprint density at radius 1 is 1.19 bits per heavy atom. The molecule has 0 bridgehead atoms. The van der Waals surface area contributed by atoms with Gasteiger partial charge < -0.3 is 10.0 Å². The van der Waals surface area contributed by atoms with Gasteiger partial charge in [-0.3, -0.25) is 9.78 Å². The molecule has 0 atom stereocenters. The van der Waals surface area contributed by atoms with Crippen LogP contribution in [0.15, 0.2) is 48.8 Å². The van der Waals surface area contributed by atoms with E-state index in [1.54, 1.807) is 23.4 Å². The first-order valence-electron chi connectivity index (χ1n) is 8.35. The number of halogens is 3. The van der Waals surface area contributed by atoms with E-state index in [2.05, 4.69) is 4.98 Å². The van der Waals surface area contributed by atoms with Crippen molar-refractivity contribution >= 4 is 5.91 Å². The molecule has 1 aromatic carbocycles. The Balaban J connectivity index is 1.66. The van der Waals surface area contributed by atoms with Crippen molar-refractivity contribution in [3.05, 3.63) is 65.5 Å². The molecule has 0 aliphatic carbocycles. The summed E-state index contributed by atoms with van der Waals surface area (Å²) in [7, 11) is 0. The third kappa shape index (κ3) is 4.04. The van der Waals surface area contributed by atoms with Crippen molar-refractivity contribution < 1.29 is 23.1 Å². The van der Waals surface area contributed by atoms with Crippen LogP contribution >= 0.6 is 0 Å². The number of carbonyl (C=O) groups is 1. The van der Waals surface area contributed by atoms with Crippen molar-refractivity contribution in [1.82, 2.24) is 9.88 Å². The predicted molar refractivity (Wildman–Crippen MR) is 89.1 cm³/mol. The highest BCUT2D eigenvalue weighted by Crippen LogP contribution is 2.36. The van der Waals surface area contributed by atoms with Crippen LogP contribution in [0, 0.1) is 0 Å². The number of rotatable bonds is 3. The van der Waals surface area contributed by atoms with Crippen molar-refractivity contribution in [3.8, 4) is 0 Å². The predicted octanol–water partition coefficient (Wildman–Crippen LogP) is 3.15. The third-order valence-electron chi connectivity index (χ3n) is 4.75. The molecule has 1 fully saturated rings. The normalized spacial score (nSPS) is 17.2. The van der Waals surface area contributed by atoms with Crippen molar-refractivity contribution in [2.45, 2.75) is 31.0 Å². The van der Waals surface area contributed by atoms with Gasteiger partial charge in [-0.05, 0) is 42.2 Å². The van der Waals surface area contributed by atoms with E-state index in [1.807, 2.05) is 6.07 Å². The number of benzene rings is 1. The Bertz CT molecular complexity index is 770. The molecule has 0 spiro atoms. The lowest BCUT2D eigenvalue weighted by molar-refractivity contribution is -0.137. The second-order valence-electron chi connectivity index (χ2n) is 6.53. The van der Waals surface area contributed by atoms with E-state index in [1.165, 1.54) is 12.1 Å². The number of aromatic nitrogens is 1. The van der Waals surface area contributed by atoms with Crippen LogP contribution < -0.4 is 0 Å². The Labute approximate surface area is 149 Å². The van der Waals surface area contributed by atoms with Gasteiger partial charge >= 0.3 is 6.18 Å². The molecule has 2 heterocycles. The van der Waals surface area contributed by atoms with E-state index < -0.39 is 17.3 Å². The third-order valence-corrected chi connectivity index (χ3v) is 4.75. The number of carbonyl (C=O) groups excluding carboxylic acids is 1. The zero-order valence-electron chi connectivity index (χ0n) is 14.0. The molecule has 4 nitrogen and oxygen atoms in total. The van der Waals surface area contributed by atoms with Gasteiger partial charge in [0.25, 0.3) is 0 Å². The molecule has 0 saturated carbocycles. The average molecular weight is 364 g/mol. The smallest absolute Gasteiger partial charge is 0.385 e. The number of piperidine rings is 1. The van der Waals surface area contributed by atoms with Crippen molar-refractivity contribution in [1.29, 1.82) is 0 Å². The molecule has 2 aromatic rings. The highest BCUT2D eigenvalue weighted by atomic mass is 19.4. The summed E-state index contributed by atoms with van der Waals surface area (Å²) in [6.45, 7) is 0.595. The van der Waals surface area contributed by atoms with Gasteiger partial charge in [-0.25, -0.2) is 0 Å². The quantitative estimate of drug-likeness (QED) is 0.910. The molecule has 138 valence electrons. The second-order valence-corrected chi connectivity index (χ2v) is 6.53. The van der Waals surface area contributed by atoms with Crippen LogP contribution in [-0.2, 0) is 23.0 Å². The monoisotopic (exact) mass is 364 g/mol. The molecule has 1 aliphatic rings. The van der Waals surface area contributed by atoms with Crippen LogP contribution in [-0.4, -0.2) is 34.0 Å². The first kappa shape index (κ1) is 18.4. The first-order chi connectivity index (χ1) is 12.3. The maximum Gasteiger partial charge on any atom is 0.416 e. The molecule has 1 N–H and O–H groups in total. The summed E-state index contributed by atoms with van der Waals surface area (Å²) in [5, 5.41) is 10.8.